The van der Waals surface area contributed by atoms with Gasteiger partial charge in [-0.05, 0) is 37.5 Å². The molecule has 1 aromatic heterocycles. The van der Waals surface area contributed by atoms with Gasteiger partial charge in [0.2, 0.25) is 5.91 Å². The zero-order valence-electron chi connectivity index (χ0n) is 19.2. The summed E-state index contributed by atoms with van der Waals surface area (Å²) in [7, 11) is 4.11. The van der Waals surface area contributed by atoms with Crippen molar-refractivity contribution in [3.05, 3.63) is 84.2 Å². The molecule has 4 aromatic rings. The first-order chi connectivity index (χ1) is 16.1. The largest absolute Gasteiger partial charge is 0.325 e. The number of hydrogen-bond acceptors (Lipinski definition) is 5. The molecular formula is C26H29N5OS. The first kappa shape index (κ1) is 23.0. The number of nitrogens with one attached hydrogen (secondary N) is 1. The van der Waals surface area contributed by atoms with Gasteiger partial charge < -0.3 is 9.88 Å². The van der Waals surface area contributed by atoms with Crippen LogP contribution in [-0.2, 0) is 11.3 Å². The van der Waals surface area contributed by atoms with Crippen LogP contribution in [0.15, 0.2) is 78.0 Å². The Labute approximate surface area is 199 Å². The highest BCUT2D eigenvalue weighted by Crippen LogP contribution is 2.27. The smallest absolute Gasteiger partial charge is 0.234 e. The maximum atomic E-state index is 12.8. The van der Waals surface area contributed by atoms with Crippen LogP contribution < -0.4 is 5.32 Å². The second-order valence-corrected chi connectivity index (χ2v) is 9.11. The lowest BCUT2D eigenvalue weighted by Gasteiger charge is -2.23. The van der Waals surface area contributed by atoms with Crippen LogP contribution in [0, 0.1) is 0 Å². The molecular weight excluding hydrogens is 430 g/mol. The second-order valence-electron chi connectivity index (χ2n) is 8.16. The Bertz CT molecular complexity index is 1220. The first-order valence-corrected chi connectivity index (χ1v) is 12.1. The minimum absolute atomic E-state index is 0.0631. The van der Waals surface area contributed by atoms with Crippen molar-refractivity contribution in [2.75, 3.05) is 25.2 Å². The molecule has 0 spiro atoms. The number of fused-ring (bicyclic) bond motifs is 1. The van der Waals surface area contributed by atoms with Gasteiger partial charge >= 0.3 is 0 Å². The third-order valence-corrected chi connectivity index (χ3v) is 6.60. The van der Waals surface area contributed by atoms with E-state index in [1.54, 1.807) is 0 Å². The predicted molar refractivity (Wildman–Crippen MR) is 136 cm³/mol. The van der Waals surface area contributed by atoms with Crippen LogP contribution in [0.5, 0.6) is 0 Å². The van der Waals surface area contributed by atoms with Crippen LogP contribution in [0.4, 0.5) is 5.69 Å². The van der Waals surface area contributed by atoms with Crippen molar-refractivity contribution < 1.29 is 4.79 Å². The van der Waals surface area contributed by atoms with E-state index in [9.17, 15) is 4.79 Å². The van der Waals surface area contributed by atoms with Gasteiger partial charge in [0.1, 0.15) is 0 Å². The molecule has 0 aliphatic heterocycles. The molecule has 170 valence electrons. The average molecular weight is 460 g/mol. The molecule has 7 heteroatoms. The van der Waals surface area contributed by atoms with Gasteiger partial charge in [0, 0.05) is 11.1 Å². The summed E-state index contributed by atoms with van der Waals surface area (Å²) in [4.78, 5) is 15.0. The van der Waals surface area contributed by atoms with Gasteiger partial charge in [0.15, 0.2) is 11.0 Å². The number of anilines is 1. The number of carbonyl (C=O) groups is 1. The highest BCUT2D eigenvalue weighted by Gasteiger charge is 2.22. The number of amides is 1. The number of hydrogen-bond donors (Lipinski definition) is 1. The Morgan fingerprint density at radius 3 is 2.48 bits per heavy atom. The van der Waals surface area contributed by atoms with E-state index in [1.165, 1.54) is 17.3 Å². The Morgan fingerprint density at radius 2 is 1.73 bits per heavy atom. The van der Waals surface area contributed by atoms with Gasteiger partial charge in [-0.1, -0.05) is 85.4 Å². The van der Waals surface area contributed by atoms with Gasteiger partial charge in [-0.2, -0.15) is 0 Å². The molecule has 33 heavy (non-hydrogen) atoms. The van der Waals surface area contributed by atoms with E-state index in [0.717, 1.165) is 33.9 Å². The van der Waals surface area contributed by atoms with E-state index in [2.05, 4.69) is 58.1 Å². The van der Waals surface area contributed by atoms with E-state index in [0.29, 0.717) is 6.54 Å². The quantitative estimate of drug-likeness (QED) is 0.348. The summed E-state index contributed by atoms with van der Waals surface area (Å²) in [6.45, 7) is 2.82. The molecule has 0 bridgehead atoms. The lowest BCUT2D eigenvalue weighted by atomic mass is 10.1. The summed E-state index contributed by atoms with van der Waals surface area (Å²) in [5, 5.41) is 14.9. The van der Waals surface area contributed by atoms with E-state index in [4.69, 9.17) is 0 Å². The highest BCUT2D eigenvalue weighted by molar-refractivity contribution is 7.99. The molecule has 0 aliphatic carbocycles. The lowest BCUT2D eigenvalue weighted by molar-refractivity contribution is -0.113. The van der Waals surface area contributed by atoms with Crippen molar-refractivity contribution in [1.82, 2.24) is 19.7 Å². The summed E-state index contributed by atoms with van der Waals surface area (Å²) in [5.74, 6) is 1.12. The summed E-state index contributed by atoms with van der Waals surface area (Å²) in [6, 6.07) is 24.4. The Balaban J connectivity index is 1.53. The van der Waals surface area contributed by atoms with Gasteiger partial charge in [-0.15, -0.1) is 10.2 Å². The maximum Gasteiger partial charge on any atom is 0.234 e. The van der Waals surface area contributed by atoms with Crippen molar-refractivity contribution in [3.8, 4) is 0 Å². The van der Waals surface area contributed by atoms with Gasteiger partial charge in [0.05, 0.1) is 18.3 Å². The monoisotopic (exact) mass is 459 g/mol. The van der Waals surface area contributed by atoms with Crippen LogP contribution >= 0.6 is 11.8 Å². The molecule has 0 saturated carbocycles. The highest BCUT2D eigenvalue weighted by atomic mass is 32.2. The van der Waals surface area contributed by atoms with Crippen molar-refractivity contribution in [3.63, 3.8) is 0 Å². The van der Waals surface area contributed by atoms with E-state index in [1.807, 2.05) is 60.7 Å². The molecule has 1 N–H and O–H groups in total. The molecule has 3 aromatic carbocycles. The number of nitrogens with zero attached hydrogens (tertiary/aromatic N) is 4. The fraction of sp³-hybridized carbons (Fsp3) is 0.269. The molecule has 0 radical (unpaired) electrons. The average Bonchev–Trinajstić information content (AvgIpc) is 3.21. The summed E-state index contributed by atoms with van der Waals surface area (Å²) >= 11 is 1.42. The number of thioether (sulfide) groups is 1. The first-order valence-electron chi connectivity index (χ1n) is 11.1. The normalized spacial score (nSPS) is 12.2. The second kappa shape index (κ2) is 10.6. The zero-order valence-corrected chi connectivity index (χ0v) is 20.0. The van der Waals surface area contributed by atoms with Gasteiger partial charge in [-0.3, -0.25) is 9.69 Å². The SMILES string of the molecule is CCC(c1nnc(SCC(=O)Nc2cccc3ccccc23)n1Cc1ccccc1)N(C)C. The molecule has 0 aliphatic rings. The molecule has 1 unspecified atom stereocenters. The predicted octanol–water partition coefficient (Wildman–Crippen LogP) is 5.22. The number of carbonyl (C=O) groups excluding carboxylic acids is 1. The number of benzene rings is 3. The molecule has 1 amide bonds. The summed E-state index contributed by atoms with van der Waals surface area (Å²) < 4.78 is 2.14. The minimum Gasteiger partial charge on any atom is -0.325 e. The van der Waals surface area contributed by atoms with Crippen molar-refractivity contribution in [2.45, 2.75) is 31.1 Å². The minimum atomic E-state index is -0.0631. The van der Waals surface area contributed by atoms with Crippen LogP contribution in [0.25, 0.3) is 10.8 Å². The van der Waals surface area contributed by atoms with Crippen LogP contribution in [0.2, 0.25) is 0 Å². The van der Waals surface area contributed by atoms with Gasteiger partial charge in [0.25, 0.3) is 0 Å². The number of aromatic nitrogens is 3. The lowest BCUT2D eigenvalue weighted by Crippen LogP contribution is -2.23. The number of rotatable bonds is 9. The third-order valence-electron chi connectivity index (χ3n) is 5.63. The molecule has 6 nitrogen and oxygen atoms in total. The van der Waals surface area contributed by atoms with Crippen LogP contribution in [0.1, 0.15) is 30.8 Å². The fourth-order valence-electron chi connectivity index (χ4n) is 4.00. The standard InChI is InChI=1S/C26H29N5OS/c1-4-23(30(2)3)25-28-29-26(31(25)17-19-11-6-5-7-12-19)33-18-24(32)27-22-16-10-14-20-13-8-9-15-21(20)22/h5-16,23H,4,17-18H2,1-3H3,(H,27,32). The fourth-order valence-corrected chi connectivity index (χ4v) is 4.74. The molecule has 0 fully saturated rings. The van der Waals surface area contributed by atoms with Gasteiger partial charge in [-0.25, -0.2) is 0 Å². The Morgan fingerprint density at radius 1 is 1.00 bits per heavy atom. The zero-order chi connectivity index (χ0) is 23.2. The van der Waals surface area contributed by atoms with Crippen LogP contribution in [-0.4, -0.2) is 45.4 Å². The van der Waals surface area contributed by atoms with Crippen molar-refractivity contribution in [1.29, 1.82) is 0 Å². The topological polar surface area (TPSA) is 63.1 Å². The van der Waals surface area contributed by atoms with Crippen molar-refractivity contribution in [2.24, 2.45) is 0 Å². The maximum absolute atomic E-state index is 12.8. The molecule has 1 atom stereocenters. The molecule has 1 heterocycles. The summed E-state index contributed by atoms with van der Waals surface area (Å²) in [5.41, 5.74) is 2.00. The Hall–Kier alpha value is -3.16. The van der Waals surface area contributed by atoms with E-state index >= 15 is 0 Å². The summed E-state index contributed by atoms with van der Waals surface area (Å²) in [6.07, 6.45) is 0.923. The molecule has 0 saturated heterocycles. The van der Waals surface area contributed by atoms with Crippen LogP contribution in [0.3, 0.4) is 0 Å². The molecule has 4 rings (SSSR count). The van der Waals surface area contributed by atoms with E-state index in [-0.39, 0.29) is 17.7 Å². The van der Waals surface area contributed by atoms with E-state index < -0.39 is 0 Å². The Kier molecular flexibility index (Phi) is 7.42. The van der Waals surface area contributed by atoms with Crippen molar-refractivity contribution >= 4 is 34.1 Å². The third kappa shape index (κ3) is 5.43.